The first kappa shape index (κ1) is 25.8. The van der Waals surface area contributed by atoms with E-state index in [1.165, 1.54) is 30.2 Å². The van der Waals surface area contributed by atoms with Crippen molar-refractivity contribution >= 4 is 11.8 Å². The molecule has 2 saturated carbocycles. The number of aliphatic hydroxyl groups is 3. The zero-order chi connectivity index (χ0) is 23.6. The van der Waals surface area contributed by atoms with Gasteiger partial charge in [0, 0.05) is 12.8 Å². The molecular weight excluding hydrogens is 416 g/mol. The van der Waals surface area contributed by atoms with E-state index in [0.29, 0.717) is 36.3 Å². The van der Waals surface area contributed by atoms with E-state index in [-0.39, 0.29) is 0 Å². The van der Waals surface area contributed by atoms with E-state index in [1.807, 2.05) is 13.8 Å². The molecule has 0 bridgehead atoms. The van der Waals surface area contributed by atoms with Gasteiger partial charge in [-0.1, -0.05) is 63.6 Å². The highest BCUT2D eigenvalue weighted by atomic mass is 32.2. The molecule has 3 rings (SSSR count). The minimum absolute atomic E-state index is 0.297. The van der Waals surface area contributed by atoms with E-state index in [1.54, 1.807) is 5.57 Å². The average Bonchev–Trinajstić information content (AvgIpc) is 3.11. The summed E-state index contributed by atoms with van der Waals surface area (Å²) in [4.78, 5) is -1.02. The van der Waals surface area contributed by atoms with E-state index in [4.69, 9.17) is 0 Å². The standard InChI is InChI=1S/C28H44O3S/c1-6-23-13-14-24-21(10-9-15-26(23,24)5)11-12-22-18-28(31,19-25(29)20(22)4)32-17-16-27(30,7-2)8-3/h11-13,24-25,29-31H,4,6-10,14-19H2,1-3,5H3/t24-,25+,26-,28+/m1/s1. The second kappa shape index (κ2) is 10.2. The molecule has 3 aliphatic carbocycles. The Bertz CT molecular complexity index is 790. The fourth-order valence-corrected chi connectivity index (χ4v) is 7.49. The van der Waals surface area contributed by atoms with Gasteiger partial charge in [0.1, 0.15) is 4.93 Å². The van der Waals surface area contributed by atoms with Gasteiger partial charge in [-0.2, -0.15) is 0 Å². The Labute approximate surface area is 199 Å². The molecule has 0 radical (unpaired) electrons. The summed E-state index contributed by atoms with van der Waals surface area (Å²) < 4.78 is 0. The molecule has 180 valence electrons. The maximum absolute atomic E-state index is 11.3. The lowest BCUT2D eigenvalue weighted by atomic mass is 9.64. The third-order valence-corrected chi connectivity index (χ3v) is 9.90. The number of thioether (sulfide) groups is 1. The van der Waals surface area contributed by atoms with Gasteiger partial charge in [-0.15, -0.1) is 11.8 Å². The van der Waals surface area contributed by atoms with Gasteiger partial charge in [-0.05, 0) is 79.6 Å². The van der Waals surface area contributed by atoms with Crippen molar-refractivity contribution in [1.29, 1.82) is 0 Å². The summed E-state index contributed by atoms with van der Waals surface area (Å²) in [5.74, 6) is 1.26. The highest BCUT2D eigenvalue weighted by Gasteiger charge is 2.44. The van der Waals surface area contributed by atoms with Crippen molar-refractivity contribution < 1.29 is 15.3 Å². The summed E-state index contributed by atoms with van der Waals surface area (Å²) in [6, 6.07) is 0. The maximum Gasteiger partial charge on any atom is 0.117 e. The highest BCUT2D eigenvalue weighted by Crippen LogP contribution is 2.55. The van der Waals surface area contributed by atoms with Gasteiger partial charge in [-0.25, -0.2) is 0 Å². The van der Waals surface area contributed by atoms with Crippen LogP contribution in [0.5, 0.6) is 0 Å². The fraction of sp³-hybridized carbons (Fsp3) is 0.714. The molecule has 4 heteroatoms. The first-order valence-corrected chi connectivity index (χ1v) is 13.6. The van der Waals surface area contributed by atoms with Gasteiger partial charge < -0.3 is 15.3 Å². The first-order chi connectivity index (χ1) is 15.1. The molecule has 0 aromatic carbocycles. The van der Waals surface area contributed by atoms with E-state index in [9.17, 15) is 15.3 Å². The summed E-state index contributed by atoms with van der Waals surface area (Å²) in [5.41, 5.74) is 4.45. The third kappa shape index (κ3) is 5.29. The molecule has 32 heavy (non-hydrogen) atoms. The summed E-state index contributed by atoms with van der Waals surface area (Å²) >= 11 is 1.47. The summed E-state index contributed by atoms with van der Waals surface area (Å²) in [6.45, 7) is 12.9. The minimum Gasteiger partial charge on any atom is -0.390 e. The molecule has 2 fully saturated rings. The van der Waals surface area contributed by atoms with Crippen molar-refractivity contribution in [2.75, 3.05) is 5.75 Å². The Morgan fingerprint density at radius 2 is 1.97 bits per heavy atom. The normalized spacial score (nSPS) is 36.0. The van der Waals surface area contributed by atoms with E-state index < -0.39 is 16.6 Å². The summed E-state index contributed by atoms with van der Waals surface area (Å²) in [6.07, 6.45) is 14.9. The molecule has 0 aromatic heterocycles. The lowest BCUT2D eigenvalue weighted by Gasteiger charge is -2.41. The molecule has 4 atom stereocenters. The van der Waals surface area contributed by atoms with Gasteiger partial charge in [0.25, 0.3) is 0 Å². The lowest BCUT2D eigenvalue weighted by molar-refractivity contribution is 0.0288. The maximum atomic E-state index is 11.3. The highest BCUT2D eigenvalue weighted by molar-refractivity contribution is 8.00. The van der Waals surface area contributed by atoms with Crippen LogP contribution in [0.4, 0.5) is 0 Å². The molecule has 0 saturated heterocycles. The first-order valence-electron chi connectivity index (χ1n) is 12.6. The van der Waals surface area contributed by atoms with Gasteiger partial charge in [0.2, 0.25) is 0 Å². The number of fused-ring (bicyclic) bond motifs is 1. The van der Waals surface area contributed by atoms with Crippen molar-refractivity contribution in [1.82, 2.24) is 0 Å². The smallest absolute Gasteiger partial charge is 0.117 e. The number of hydrogen-bond donors (Lipinski definition) is 3. The molecule has 0 unspecified atom stereocenters. The zero-order valence-corrected chi connectivity index (χ0v) is 21.4. The molecule has 3 nitrogen and oxygen atoms in total. The topological polar surface area (TPSA) is 60.7 Å². The second-order valence-electron chi connectivity index (χ2n) is 10.5. The van der Waals surface area contributed by atoms with Crippen LogP contribution in [0.25, 0.3) is 0 Å². The van der Waals surface area contributed by atoms with Crippen LogP contribution in [-0.4, -0.2) is 37.7 Å². The van der Waals surface area contributed by atoms with Crippen molar-refractivity contribution in [3.63, 3.8) is 0 Å². The van der Waals surface area contributed by atoms with Crippen molar-refractivity contribution in [3.8, 4) is 0 Å². The molecule has 0 spiro atoms. The van der Waals surface area contributed by atoms with Crippen LogP contribution in [0.3, 0.4) is 0 Å². The third-order valence-electron chi connectivity index (χ3n) is 8.64. The van der Waals surface area contributed by atoms with Crippen molar-refractivity contribution in [2.24, 2.45) is 11.3 Å². The van der Waals surface area contributed by atoms with E-state index in [2.05, 4.69) is 38.7 Å². The van der Waals surface area contributed by atoms with Crippen LogP contribution in [0.2, 0.25) is 0 Å². The van der Waals surface area contributed by atoms with E-state index >= 15 is 0 Å². The largest absolute Gasteiger partial charge is 0.390 e. The Kier molecular flexibility index (Phi) is 8.24. The van der Waals surface area contributed by atoms with E-state index in [0.717, 1.165) is 43.3 Å². The van der Waals surface area contributed by atoms with Crippen molar-refractivity contribution in [2.45, 2.75) is 109 Å². The van der Waals surface area contributed by atoms with Gasteiger partial charge in [0.05, 0.1) is 11.7 Å². The van der Waals surface area contributed by atoms with Crippen molar-refractivity contribution in [3.05, 3.63) is 47.1 Å². The Morgan fingerprint density at radius 3 is 2.62 bits per heavy atom. The van der Waals surface area contributed by atoms with Crippen LogP contribution < -0.4 is 0 Å². The van der Waals surface area contributed by atoms with Crippen LogP contribution in [0, 0.1) is 11.3 Å². The molecule has 0 heterocycles. The van der Waals surface area contributed by atoms with Crippen LogP contribution >= 0.6 is 11.8 Å². The zero-order valence-electron chi connectivity index (χ0n) is 20.6. The van der Waals surface area contributed by atoms with Gasteiger partial charge in [0.15, 0.2) is 0 Å². The second-order valence-corrected chi connectivity index (χ2v) is 11.9. The SMILES string of the molecule is C=C1C(=CC=C2CCC[C@]3(C)C(CC)=CC[C@H]23)C[C@](O)(SCCC(O)(CC)CC)C[C@@H]1O. The predicted octanol–water partition coefficient (Wildman–Crippen LogP) is 6.46. The van der Waals surface area contributed by atoms with Crippen LogP contribution in [0.15, 0.2) is 47.1 Å². The lowest BCUT2D eigenvalue weighted by Crippen LogP contribution is -2.38. The number of hydrogen-bond acceptors (Lipinski definition) is 4. The fourth-order valence-electron chi connectivity index (χ4n) is 6.09. The minimum atomic E-state index is -1.02. The Morgan fingerprint density at radius 1 is 1.25 bits per heavy atom. The number of aliphatic hydroxyl groups excluding tert-OH is 1. The molecular formula is C28H44O3S. The average molecular weight is 461 g/mol. The molecule has 0 aliphatic heterocycles. The van der Waals surface area contributed by atoms with Gasteiger partial charge in [-0.3, -0.25) is 0 Å². The number of rotatable bonds is 8. The molecule has 0 amide bonds. The quantitative estimate of drug-likeness (QED) is 0.287. The Hall–Kier alpha value is -0.810. The predicted molar refractivity (Wildman–Crippen MR) is 137 cm³/mol. The van der Waals surface area contributed by atoms with Crippen LogP contribution in [0.1, 0.15) is 91.9 Å². The van der Waals surface area contributed by atoms with Crippen LogP contribution in [-0.2, 0) is 0 Å². The summed E-state index contributed by atoms with van der Waals surface area (Å²) in [5, 5.41) is 32.5. The van der Waals surface area contributed by atoms with Gasteiger partial charge >= 0.3 is 0 Å². The number of allylic oxidation sites excluding steroid dienone is 5. The monoisotopic (exact) mass is 460 g/mol. The molecule has 0 aromatic rings. The molecule has 3 N–H and O–H groups in total. The molecule has 3 aliphatic rings. The summed E-state index contributed by atoms with van der Waals surface area (Å²) in [7, 11) is 0. The Balaban J connectivity index is 1.73.